The van der Waals surface area contributed by atoms with Crippen LogP contribution in [0.15, 0.2) is 30.3 Å². The van der Waals surface area contributed by atoms with E-state index in [2.05, 4.69) is 10.2 Å². The van der Waals surface area contributed by atoms with Gasteiger partial charge in [-0.05, 0) is 56.5 Å². The minimum atomic E-state index is -1.00. The Balaban J connectivity index is 1.52. The number of imide groups is 1. The lowest BCUT2D eigenvalue weighted by Gasteiger charge is -2.30. The molecule has 1 aliphatic carbocycles. The molecule has 3 aliphatic rings. The molecule has 34 heavy (non-hydrogen) atoms. The van der Waals surface area contributed by atoms with Crippen molar-refractivity contribution in [3.05, 3.63) is 56.5 Å². The first-order valence-corrected chi connectivity index (χ1v) is 12.2. The number of urea groups is 1. The summed E-state index contributed by atoms with van der Waals surface area (Å²) in [5.74, 6) is -0.0253. The van der Waals surface area contributed by atoms with Crippen LogP contribution >= 0.6 is 34.8 Å². The zero-order chi connectivity index (χ0) is 24.4. The molecule has 2 fully saturated rings. The van der Waals surface area contributed by atoms with Crippen molar-refractivity contribution in [3.8, 4) is 5.75 Å². The van der Waals surface area contributed by atoms with E-state index in [-0.39, 0.29) is 11.9 Å². The SMILES string of the molecule is CC1(C)NC(=O)N(c2ccc(Cl)c(O[C@H]3c4cc(Cl)cc(Cl)c4C[C@H]3N3CC[C@@H](O)C3)c2)C1=O. The quantitative estimate of drug-likeness (QED) is 0.572. The number of hydrogen-bond donors (Lipinski definition) is 2. The third kappa shape index (κ3) is 4.03. The summed E-state index contributed by atoms with van der Waals surface area (Å²) in [6.45, 7) is 4.57. The predicted octanol–water partition coefficient (Wildman–Crippen LogP) is 4.59. The van der Waals surface area contributed by atoms with Crippen LogP contribution in [0.2, 0.25) is 15.1 Å². The Kier molecular flexibility index (Phi) is 5.97. The molecule has 0 radical (unpaired) electrons. The van der Waals surface area contributed by atoms with E-state index in [0.29, 0.717) is 45.9 Å². The Bertz CT molecular complexity index is 1190. The number of anilines is 1. The number of hydrogen-bond acceptors (Lipinski definition) is 5. The highest BCUT2D eigenvalue weighted by Crippen LogP contribution is 2.45. The van der Waals surface area contributed by atoms with Gasteiger partial charge in [-0.1, -0.05) is 34.8 Å². The van der Waals surface area contributed by atoms with Gasteiger partial charge in [0.15, 0.2) is 0 Å². The molecular weight excluding hydrogens is 501 g/mol. The van der Waals surface area contributed by atoms with Crippen LogP contribution in [0.3, 0.4) is 0 Å². The molecule has 3 atom stereocenters. The predicted molar refractivity (Wildman–Crippen MR) is 131 cm³/mol. The molecule has 0 bridgehead atoms. The maximum absolute atomic E-state index is 12.8. The summed E-state index contributed by atoms with van der Waals surface area (Å²) in [7, 11) is 0. The largest absolute Gasteiger partial charge is 0.482 e. The molecule has 0 unspecified atom stereocenters. The lowest BCUT2D eigenvalue weighted by Crippen LogP contribution is -2.40. The van der Waals surface area contributed by atoms with Crippen LogP contribution in [0.4, 0.5) is 10.5 Å². The molecule has 3 amide bonds. The fourth-order valence-electron chi connectivity index (χ4n) is 4.99. The summed E-state index contributed by atoms with van der Waals surface area (Å²) in [6, 6.07) is 7.79. The van der Waals surface area contributed by atoms with E-state index in [0.717, 1.165) is 22.6 Å². The van der Waals surface area contributed by atoms with Crippen molar-refractivity contribution in [2.75, 3.05) is 18.0 Å². The zero-order valence-electron chi connectivity index (χ0n) is 18.6. The average molecular weight is 525 g/mol. The maximum Gasteiger partial charge on any atom is 0.329 e. The number of nitrogens with one attached hydrogen (secondary N) is 1. The molecule has 5 rings (SSSR count). The van der Waals surface area contributed by atoms with Crippen molar-refractivity contribution < 1.29 is 19.4 Å². The smallest absolute Gasteiger partial charge is 0.329 e. The number of carbonyl (C=O) groups excluding carboxylic acids is 2. The molecule has 0 saturated carbocycles. The number of carbonyl (C=O) groups is 2. The van der Waals surface area contributed by atoms with Gasteiger partial charge < -0.3 is 15.2 Å². The second kappa shape index (κ2) is 8.57. The van der Waals surface area contributed by atoms with Crippen molar-refractivity contribution >= 4 is 52.4 Å². The van der Waals surface area contributed by atoms with Gasteiger partial charge in [0.1, 0.15) is 17.4 Å². The van der Waals surface area contributed by atoms with Crippen LogP contribution in [0.5, 0.6) is 5.75 Å². The monoisotopic (exact) mass is 523 g/mol. The van der Waals surface area contributed by atoms with E-state index in [9.17, 15) is 14.7 Å². The Labute approximate surface area is 212 Å². The highest BCUT2D eigenvalue weighted by atomic mass is 35.5. The first-order chi connectivity index (χ1) is 16.0. The number of fused-ring (bicyclic) bond motifs is 1. The highest BCUT2D eigenvalue weighted by Gasteiger charge is 2.46. The van der Waals surface area contributed by atoms with Gasteiger partial charge in [-0.15, -0.1) is 0 Å². The van der Waals surface area contributed by atoms with Crippen molar-refractivity contribution in [1.82, 2.24) is 10.2 Å². The second-order valence-corrected chi connectivity index (χ2v) is 10.8. The molecule has 0 aromatic heterocycles. The third-order valence-corrected chi connectivity index (χ3v) is 7.58. The highest BCUT2D eigenvalue weighted by molar-refractivity contribution is 6.35. The normalized spacial score (nSPS) is 26.2. The lowest BCUT2D eigenvalue weighted by molar-refractivity contribution is -0.121. The van der Waals surface area contributed by atoms with Gasteiger partial charge in [0, 0.05) is 34.8 Å². The van der Waals surface area contributed by atoms with Crippen molar-refractivity contribution in [2.45, 2.75) is 50.5 Å². The topological polar surface area (TPSA) is 82.1 Å². The Morgan fingerprint density at radius 3 is 2.53 bits per heavy atom. The van der Waals surface area contributed by atoms with Gasteiger partial charge >= 0.3 is 6.03 Å². The summed E-state index contributed by atoms with van der Waals surface area (Å²) in [4.78, 5) is 28.6. The number of aliphatic hydroxyl groups excluding tert-OH is 1. The second-order valence-electron chi connectivity index (χ2n) is 9.51. The van der Waals surface area contributed by atoms with Crippen LogP contribution in [0.25, 0.3) is 0 Å². The molecule has 10 heteroatoms. The maximum atomic E-state index is 12.8. The molecule has 7 nitrogen and oxygen atoms in total. The van der Waals surface area contributed by atoms with Crippen LogP contribution < -0.4 is 15.0 Å². The van der Waals surface area contributed by atoms with Gasteiger partial charge in [0.05, 0.1) is 22.9 Å². The van der Waals surface area contributed by atoms with Crippen LogP contribution in [-0.2, 0) is 11.2 Å². The Morgan fingerprint density at radius 1 is 1.12 bits per heavy atom. The van der Waals surface area contributed by atoms with Gasteiger partial charge in [-0.3, -0.25) is 9.69 Å². The van der Waals surface area contributed by atoms with E-state index in [1.807, 2.05) is 6.07 Å². The number of halogens is 3. The Hall–Kier alpha value is -2.03. The lowest BCUT2D eigenvalue weighted by atomic mass is 10.1. The van der Waals surface area contributed by atoms with Crippen LogP contribution in [0, 0.1) is 0 Å². The van der Waals surface area contributed by atoms with Gasteiger partial charge in [0.25, 0.3) is 5.91 Å². The number of rotatable bonds is 4. The molecule has 2 saturated heterocycles. The summed E-state index contributed by atoms with van der Waals surface area (Å²) >= 11 is 19.3. The number of β-amino-alcohol motifs (C(OH)–C–C–N with tert-alkyl or cyclic N) is 1. The molecule has 2 N–H and O–H groups in total. The first-order valence-electron chi connectivity index (χ1n) is 11.1. The molecule has 2 aromatic carbocycles. The van der Waals surface area contributed by atoms with Gasteiger partial charge in [0.2, 0.25) is 0 Å². The van der Waals surface area contributed by atoms with Crippen molar-refractivity contribution in [3.63, 3.8) is 0 Å². The standard InChI is InChI=1S/C24H24Cl3N3O4/c1-24(2)22(32)30(23(33)28-24)13-3-4-17(26)20(9-13)34-21-16-7-12(25)8-18(27)15(16)10-19(21)29-6-5-14(31)11-29/h3-4,7-9,14,19,21,31H,5-6,10-11H2,1-2H3,(H,28,33)/t14-,19-,21+/m1/s1. The van der Waals surface area contributed by atoms with Crippen LogP contribution in [-0.4, -0.2) is 52.7 Å². The number of amides is 3. The average Bonchev–Trinajstić information content (AvgIpc) is 3.39. The summed E-state index contributed by atoms with van der Waals surface area (Å²) in [5.41, 5.74) is 1.17. The summed E-state index contributed by atoms with van der Waals surface area (Å²) in [6.07, 6.45) is 0.482. The fourth-order valence-corrected chi connectivity index (χ4v) is 5.74. The molecular formula is C24H24Cl3N3O4. The molecule has 0 spiro atoms. The van der Waals surface area contributed by atoms with E-state index in [1.54, 1.807) is 38.1 Å². The van der Waals surface area contributed by atoms with Crippen LogP contribution in [0.1, 0.15) is 37.5 Å². The number of aliphatic hydroxyl groups is 1. The summed E-state index contributed by atoms with van der Waals surface area (Å²) < 4.78 is 6.48. The van der Waals surface area contributed by atoms with Gasteiger partial charge in [-0.25, -0.2) is 9.69 Å². The van der Waals surface area contributed by atoms with E-state index in [4.69, 9.17) is 39.5 Å². The number of ether oxygens (including phenoxy) is 1. The number of benzene rings is 2. The van der Waals surface area contributed by atoms with E-state index >= 15 is 0 Å². The minimum absolute atomic E-state index is 0.0847. The number of likely N-dealkylation sites (tertiary alicyclic amines) is 1. The minimum Gasteiger partial charge on any atom is -0.482 e. The number of nitrogens with zero attached hydrogens (tertiary/aromatic N) is 2. The zero-order valence-corrected chi connectivity index (χ0v) is 20.9. The third-order valence-electron chi connectivity index (χ3n) is 6.72. The molecule has 2 heterocycles. The van der Waals surface area contributed by atoms with Crippen molar-refractivity contribution in [1.29, 1.82) is 0 Å². The van der Waals surface area contributed by atoms with Crippen molar-refractivity contribution in [2.24, 2.45) is 0 Å². The van der Waals surface area contributed by atoms with E-state index in [1.165, 1.54) is 0 Å². The molecule has 180 valence electrons. The summed E-state index contributed by atoms with van der Waals surface area (Å²) in [5, 5.41) is 14.2. The fraction of sp³-hybridized carbons (Fsp3) is 0.417. The van der Waals surface area contributed by atoms with E-state index < -0.39 is 23.8 Å². The molecule has 2 aliphatic heterocycles. The van der Waals surface area contributed by atoms with Gasteiger partial charge in [-0.2, -0.15) is 0 Å². The first kappa shape index (κ1) is 23.7. The Morgan fingerprint density at radius 2 is 1.88 bits per heavy atom. The molecule has 2 aromatic rings.